The normalized spacial score (nSPS) is 11.8. The SMILES string of the molecule is CCC(Nc1cccc(NC(C)=O)c1)c1ccc(F)cn1. The predicted molar refractivity (Wildman–Crippen MR) is 81.6 cm³/mol. The minimum atomic E-state index is -0.346. The molecule has 1 atom stereocenters. The molecule has 0 radical (unpaired) electrons. The number of amides is 1. The Morgan fingerprint density at radius 3 is 2.67 bits per heavy atom. The van der Waals surface area contributed by atoms with Crippen molar-refractivity contribution in [3.8, 4) is 0 Å². The Hall–Kier alpha value is -2.43. The first-order valence-corrected chi connectivity index (χ1v) is 6.84. The molecule has 1 aromatic carbocycles. The van der Waals surface area contributed by atoms with Crippen LogP contribution in [0.2, 0.25) is 0 Å². The third-order valence-corrected chi connectivity index (χ3v) is 3.04. The number of rotatable bonds is 5. The van der Waals surface area contributed by atoms with Gasteiger partial charge in [-0.1, -0.05) is 13.0 Å². The lowest BCUT2D eigenvalue weighted by Crippen LogP contribution is -2.12. The van der Waals surface area contributed by atoms with Gasteiger partial charge in [0.05, 0.1) is 17.9 Å². The predicted octanol–water partition coefficient (Wildman–Crippen LogP) is 3.74. The molecule has 0 fully saturated rings. The maximum atomic E-state index is 12.9. The van der Waals surface area contributed by atoms with Crippen molar-refractivity contribution in [2.24, 2.45) is 0 Å². The number of carbonyl (C=O) groups is 1. The molecule has 1 unspecified atom stereocenters. The smallest absolute Gasteiger partial charge is 0.221 e. The molecule has 0 aliphatic rings. The lowest BCUT2D eigenvalue weighted by atomic mass is 10.1. The Morgan fingerprint density at radius 2 is 2.05 bits per heavy atom. The minimum absolute atomic E-state index is 0.0156. The third-order valence-electron chi connectivity index (χ3n) is 3.04. The van der Waals surface area contributed by atoms with E-state index in [9.17, 15) is 9.18 Å². The topological polar surface area (TPSA) is 54.0 Å². The van der Waals surface area contributed by atoms with Crippen molar-refractivity contribution in [3.05, 3.63) is 54.1 Å². The summed E-state index contributed by atoms with van der Waals surface area (Å²) in [5, 5.41) is 6.08. The van der Waals surface area contributed by atoms with E-state index in [0.29, 0.717) is 0 Å². The molecule has 1 aromatic heterocycles. The Labute approximate surface area is 123 Å². The number of pyridine rings is 1. The minimum Gasteiger partial charge on any atom is -0.377 e. The molecule has 0 aliphatic carbocycles. The number of hydrogen-bond acceptors (Lipinski definition) is 3. The quantitative estimate of drug-likeness (QED) is 0.880. The van der Waals surface area contributed by atoms with Gasteiger partial charge in [0, 0.05) is 18.3 Å². The summed E-state index contributed by atoms with van der Waals surface area (Å²) in [4.78, 5) is 15.2. The van der Waals surface area contributed by atoms with Crippen LogP contribution in [0.1, 0.15) is 32.0 Å². The van der Waals surface area contributed by atoms with E-state index in [1.807, 2.05) is 31.2 Å². The highest BCUT2D eigenvalue weighted by atomic mass is 19.1. The summed E-state index contributed by atoms with van der Waals surface area (Å²) in [7, 11) is 0. The zero-order chi connectivity index (χ0) is 15.2. The number of aromatic nitrogens is 1. The van der Waals surface area contributed by atoms with Gasteiger partial charge in [-0.05, 0) is 36.8 Å². The molecule has 0 saturated carbocycles. The molecule has 0 spiro atoms. The number of benzene rings is 1. The maximum Gasteiger partial charge on any atom is 0.221 e. The highest BCUT2D eigenvalue weighted by molar-refractivity contribution is 5.89. The molecular weight excluding hydrogens is 269 g/mol. The summed E-state index contributed by atoms with van der Waals surface area (Å²) in [6.45, 7) is 3.50. The van der Waals surface area contributed by atoms with Gasteiger partial charge in [-0.15, -0.1) is 0 Å². The Morgan fingerprint density at radius 1 is 1.29 bits per heavy atom. The van der Waals surface area contributed by atoms with Crippen molar-refractivity contribution in [1.82, 2.24) is 4.98 Å². The summed E-state index contributed by atoms with van der Waals surface area (Å²) in [6, 6.07) is 10.5. The van der Waals surface area contributed by atoms with Crippen molar-refractivity contribution >= 4 is 17.3 Å². The second-order valence-corrected chi connectivity index (χ2v) is 4.77. The fourth-order valence-corrected chi connectivity index (χ4v) is 2.07. The van der Waals surface area contributed by atoms with Crippen molar-refractivity contribution < 1.29 is 9.18 Å². The standard InChI is InChI=1S/C16H18FN3O/c1-3-15(16-8-7-12(17)10-18-16)20-14-6-4-5-13(9-14)19-11(2)21/h4-10,15,20H,3H2,1-2H3,(H,19,21). The molecule has 0 aliphatic heterocycles. The molecule has 2 rings (SSSR count). The number of halogens is 1. The lowest BCUT2D eigenvalue weighted by molar-refractivity contribution is -0.114. The van der Waals surface area contributed by atoms with Crippen LogP contribution in [0.25, 0.3) is 0 Å². The van der Waals surface area contributed by atoms with E-state index in [0.717, 1.165) is 23.5 Å². The first-order chi connectivity index (χ1) is 10.1. The van der Waals surface area contributed by atoms with Crippen LogP contribution in [-0.4, -0.2) is 10.9 Å². The largest absolute Gasteiger partial charge is 0.377 e. The van der Waals surface area contributed by atoms with Crippen LogP contribution in [-0.2, 0) is 4.79 Å². The average Bonchev–Trinajstić information content (AvgIpc) is 2.45. The van der Waals surface area contributed by atoms with Gasteiger partial charge in [-0.2, -0.15) is 0 Å². The molecule has 1 amide bonds. The highest BCUT2D eigenvalue weighted by Gasteiger charge is 2.11. The summed E-state index contributed by atoms with van der Waals surface area (Å²) >= 11 is 0. The zero-order valence-electron chi connectivity index (χ0n) is 12.1. The molecule has 5 heteroatoms. The van der Waals surface area contributed by atoms with Crippen molar-refractivity contribution in [3.63, 3.8) is 0 Å². The van der Waals surface area contributed by atoms with E-state index in [1.165, 1.54) is 19.2 Å². The molecule has 0 saturated heterocycles. The van der Waals surface area contributed by atoms with Gasteiger partial charge in [0.2, 0.25) is 5.91 Å². The molecule has 2 N–H and O–H groups in total. The molecule has 1 heterocycles. The van der Waals surface area contributed by atoms with Gasteiger partial charge in [0.1, 0.15) is 5.82 Å². The van der Waals surface area contributed by atoms with Crippen LogP contribution in [0.15, 0.2) is 42.6 Å². The summed E-state index contributed by atoms with van der Waals surface area (Å²) < 4.78 is 12.9. The van der Waals surface area contributed by atoms with Crippen LogP contribution in [0.5, 0.6) is 0 Å². The van der Waals surface area contributed by atoms with E-state index < -0.39 is 0 Å². The monoisotopic (exact) mass is 287 g/mol. The van der Waals surface area contributed by atoms with Gasteiger partial charge >= 0.3 is 0 Å². The Balaban J connectivity index is 2.14. The number of carbonyl (C=O) groups excluding carboxylic acids is 1. The Kier molecular flexibility index (Phi) is 4.87. The number of anilines is 2. The molecule has 0 bridgehead atoms. The van der Waals surface area contributed by atoms with Crippen molar-refractivity contribution in [2.75, 3.05) is 10.6 Å². The third kappa shape index (κ3) is 4.27. The van der Waals surface area contributed by atoms with Crippen LogP contribution >= 0.6 is 0 Å². The second kappa shape index (κ2) is 6.83. The molecule has 2 aromatic rings. The van der Waals surface area contributed by atoms with Crippen LogP contribution < -0.4 is 10.6 Å². The number of nitrogens with zero attached hydrogens (tertiary/aromatic N) is 1. The Bertz CT molecular complexity index is 613. The summed E-state index contributed by atoms with van der Waals surface area (Å²) in [5.41, 5.74) is 2.39. The lowest BCUT2D eigenvalue weighted by Gasteiger charge is -2.18. The second-order valence-electron chi connectivity index (χ2n) is 4.77. The fraction of sp³-hybridized carbons (Fsp3) is 0.250. The highest BCUT2D eigenvalue weighted by Crippen LogP contribution is 2.23. The molecule has 4 nitrogen and oxygen atoms in total. The van der Waals surface area contributed by atoms with Crippen molar-refractivity contribution in [1.29, 1.82) is 0 Å². The molecular formula is C16H18FN3O. The van der Waals surface area contributed by atoms with Gasteiger partial charge in [0.15, 0.2) is 0 Å². The van der Waals surface area contributed by atoms with E-state index in [1.54, 1.807) is 6.07 Å². The summed E-state index contributed by atoms with van der Waals surface area (Å²) in [5.74, 6) is -0.458. The maximum absolute atomic E-state index is 12.9. The van der Waals surface area contributed by atoms with Gasteiger partial charge < -0.3 is 10.6 Å². The number of hydrogen-bond donors (Lipinski definition) is 2. The van der Waals surface area contributed by atoms with E-state index >= 15 is 0 Å². The summed E-state index contributed by atoms with van der Waals surface area (Å²) in [6.07, 6.45) is 2.02. The first kappa shape index (κ1) is 15.0. The van der Waals surface area contributed by atoms with Crippen LogP contribution in [0.3, 0.4) is 0 Å². The average molecular weight is 287 g/mol. The van der Waals surface area contributed by atoms with Crippen LogP contribution in [0.4, 0.5) is 15.8 Å². The van der Waals surface area contributed by atoms with Crippen LogP contribution in [0, 0.1) is 5.82 Å². The fourth-order valence-electron chi connectivity index (χ4n) is 2.07. The van der Waals surface area contributed by atoms with Gasteiger partial charge in [-0.3, -0.25) is 9.78 Å². The van der Waals surface area contributed by atoms with E-state index in [4.69, 9.17) is 0 Å². The van der Waals surface area contributed by atoms with Crippen molar-refractivity contribution in [2.45, 2.75) is 26.3 Å². The van der Waals surface area contributed by atoms with E-state index in [-0.39, 0.29) is 17.8 Å². The van der Waals surface area contributed by atoms with Gasteiger partial charge in [-0.25, -0.2) is 4.39 Å². The molecule has 110 valence electrons. The molecule has 21 heavy (non-hydrogen) atoms. The van der Waals surface area contributed by atoms with E-state index in [2.05, 4.69) is 15.6 Å². The van der Waals surface area contributed by atoms with Gasteiger partial charge in [0.25, 0.3) is 0 Å². The number of nitrogens with one attached hydrogen (secondary N) is 2. The zero-order valence-corrected chi connectivity index (χ0v) is 12.1. The first-order valence-electron chi connectivity index (χ1n) is 6.84.